The van der Waals surface area contributed by atoms with Crippen LogP contribution in [0.4, 0.5) is 0 Å². The van der Waals surface area contributed by atoms with E-state index in [-0.39, 0.29) is 5.56 Å². The van der Waals surface area contributed by atoms with Crippen molar-refractivity contribution in [2.45, 2.75) is 24.3 Å². The number of hydrogen-bond donors (Lipinski definition) is 1. The molecule has 0 aliphatic carbocycles. The molecule has 18 heavy (non-hydrogen) atoms. The van der Waals surface area contributed by atoms with E-state index in [0.717, 1.165) is 0 Å². The van der Waals surface area contributed by atoms with Crippen molar-refractivity contribution in [3.8, 4) is 0 Å². The van der Waals surface area contributed by atoms with Crippen LogP contribution in [0.5, 0.6) is 0 Å². The average molecular weight is 284 g/mol. The highest BCUT2D eigenvalue weighted by Gasteiger charge is 2.27. The Morgan fingerprint density at radius 3 is 3.00 bits per heavy atom. The minimum absolute atomic E-state index is 0.134. The van der Waals surface area contributed by atoms with Gasteiger partial charge in [0.05, 0.1) is 5.69 Å². The summed E-state index contributed by atoms with van der Waals surface area (Å²) in [6.45, 7) is 3.27. The van der Waals surface area contributed by atoms with Gasteiger partial charge in [-0.3, -0.25) is 14.0 Å². The van der Waals surface area contributed by atoms with E-state index in [4.69, 9.17) is 5.11 Å². The lowest BCUT2D eigenvalue weighted by Crippen LogP contribution is -2.27. The number of rotatable bonds is 4. The lowest BCUT2D eigenvalue weighted by atomic mass is 10.2. The van der Waals surface area contributed by atoms with Gasteiger partial charge in [0.1, 0.15) is 4.75 Å². The molecule has 0 amide bonds. The first kappa shape index (κ1) is 13.1. The summed E-state index contributed by atoms with van der Waals surface area (Å²) in [6.07, 6.45) is 1.67. The summed E-state index contributed by atoms with van der Waals surface area (Å²) in [5, 5.41) is 10.8. The summed E-state index contributed by atoms with van der Waals surface area (Å²) in [7, 11) is 0. The normalized spacial score (nSPS) is 11.9. The van der Waals surface area contributed by atoms with E-state index in [0.29, 0.717) is 16.4 Å². The second kappa shape index (κ2) is 4.74. The van der Waals surface area contributed by atoms with Crippen molar-refractivity contribution in [2.75, 3.05) is 0 Å². The fourth-order valence-electron chi connectivity index (χ4n) is 1.28. The first-order valence-corrected chi connectivity index (χ1v) is 7.10. The Morgan fingerprint density at radius 1 is 1.61 bits per heavy atom. The van der Waals surface area contributed by atoms with Crippen LogP contribution in [-0.4, -0.2) is 25.2 Å². The van der Waals surface area contributed by atoms with E-state index in [1.165, 1.54) is 33.6 Å². The zero-order chi connectivity index (χ0) is 13.3. The molecule has 0 spiro atoms. The number of nitrogens with zero attached hydrogens (tertiary/aromatic N) is 2. The van der Waals surface area contributed by atoms with Crippen molar-refractivity contribution in [3.63, 3.8) is 0 Å². The van der Waals surface area contributed by atoms with Crippen LogP contribution in [0, 0.1) is 0 Å². The maximum Gasteiger partial charge on any atom is 0.319 e. The molecule has 2 aromatic rings. The number of carbonyl (C=O) groups is 1. The molecule has 2 rings (SSSR count). The number of aromatic nitrogens is 2. The lowest BCUT2D eigenvalue weighted by molar-refractivity contribution is -0.138. The van der Waals surface area contributed by atoms with Gasteiger partial charge in [-0.05, 0) is 13.8 Å². The first-order chi connectivity index (χ1) is 8.40. The van der Waals surface area contributed by atoms with E-state index in [9.17, 15) is 9.59 Å². The van der Waals surface area contributed by atoms with Crippen molar-refractivity contribution in [2.24, 2.45) is 0 Å². The summed E-state index contributed by atoms with van der Waals surface area (Å²) >= 11 is 2.64. The van der Waals surface area contributed by atoms with Crippen LogP contribution < -0.4 is 5.56 Å². The maximum absolute atomic E-state index is 11.7. The Labute approximate surface area is 111 Å². The Morgan fingerprint density at radius 2 is 2.33 bits per heavy atom. The van der Waals surface area contributed by atoms with Crippen molar-refractivity contribution in [1.29, 1.82) is 0 Å². The predicted molar refractivity (Wildman–Crippen MR) is 72.3 cm³/mol. The summed E-state index contributed by atoms with van der Waals surface area (Å²) in [5.74, 6) is -0.468. The number of thiazole rings is 1. The summed E-state index contributed by atoms with van der Waals surface area (Å²) < 4.78 is 0.587. The molecule has 2 heterocycles. The Bertz CT molecular complexity index is 645. The second-order valence-corrected chi connectivity index (χ2v) is 6.72. The molecule has 0 atom stereocenters. The molecule has 0 fully saturated rings. The fourth-order valence-corrected chi connectivity index (χ4v) is 2.80. The zero-order valence-electron chi connectivity index (χ0n) is 9.91. The summed E-state index contributed by atoms with van der Waals surface area (Å²) in [4.78, 5) is 27.7. The highest BCUT2D eigenvalue weighted by molar-refractivity contribution is 8.00. The van der Waals surface area contributed by atoms with Crippen LogP contribution in [0.25, 0.3) is 4.96 Å². The highest BCUT2D eigenvalue weighted by atomic mass is 32.2. The van der Waals surface area contributed by atoms with Crippen molar-refractivity contribution in [3.05, 3.63) is 33.7 Å². The van der Waals surface area contributed by atoms with Gasteiger partial charge in [0.15, 0.2) is 4.96 Å². The monoisotopic (exact) mass is 284 g/mol. The van der Waals surface area contributed by atoms with Gasteiger partial charge >= 0.3 is 5.97 Å². The van der Waals surface area contributed by atoms with Gasteiger partial charge in [-0.15, -0.1) is 23.1 Å². The van der Waals surface area contributed by atoms with E-state index in [2.05, 4.69) is 4.98 Å². The number of carboxylic acids is 1. The molecule has 0 aliphatic rings. The van der Waals surface area contributed by atoms with E-state index in [1.807, 2.05) is 0 Å². The molecule has 0 radical (unpaired) electrons. The highest BCUT2D eigenvalue weighted by Crippen LogP contribution is 2.27. The van der Waals surface area contributed by atoms with Crippen LogP contribution in [0.3, 0.4) is 0 Å². The largest absolute Gasteiger partial charge is 0.480 e. The number of carboxylic acid groups (broad SMARTS) is 1. The Hall–Kier alpha value is -1.34. The van der Waals surface area contributed by atoms with Crippen LogP contribution in [0.15, 0.2) is 22.4 Å². The number of thioether (sulfide) groups is 1. The van der Waals surface area contributed by atoms with Gasteiger partial charge in [-0.2, -0.15) is 0 Å². The number of aliphatic carboxylic acids is 1. The quantitative estimate of drug-likeness (QED) is 0.927. The second-order valence-electron chi connectivity index (χ2n) is 4.25. The standard InChI is InChI=1S/C11H12N2O3S2/c1-11(2,9(15)16)18-6-7-5-8(14)13-3-4-17-10(13)12-7/h3-5H,6H2,1-2H3,(H,15,16). The molecule has 0 bridgehead atoms. The van der Waals surface area contributed by atoms with Crippen molar-refractivity contribution in [1.82, 2.24) is 9.38 Å². The molecular weight excluding hydrogens is 272 g/mol. The SMILES string of the molecule is CC(C)(SCc1cc(=O)n2ccsc2n1)C(=O)O. The molecule has 5 nitrogen and oxygen atoms in total. The minimum atomic E-state index is -0.887. The predicted octanol–water partition coefficient (Wildman–Crippen LogP) is 1.85. The van der Waals surface area contributed by atoms with Crippen LogP contribution in [0.2, 0.25) is 0 Å². The molecule has 0 saturated carbocycles. The zero-order valence-corrected chi connectivity index (χ0v) is 11.5. The van der Waals surface area contributed by atoms with Crippen LogP contribution in [-0.2, 0) is 10.5 Å². The van der Waals surface area contributed by atoms with Crippen LogP contribution >= 0.6 is 23.1 Å². The molecule has 0 aliphatic heterocycles. The average Bonchev–Trinajstić information content (AvgIpc) is 2.75. The maximum atomic E-state index is 11.7. The third-order valence-electron chi connectivity index (χ3n) is 2.45. The fraction of sp³-hybridized carbons (Fsp3) is 0.364. The molecule has 0 aromatic carbocycles. The molecule has 2 aromatic heterocycles. The minimum Gasteiger partial charge on any atom is -0.480 e. The van der Waals surface area contributed by atoms with Gasteiger partial charge < -0.3 is 5.11 Å². The number of fused-ring (bicyclic) bond motifs is 1. The third kappa shape index (κ3) is 2.56. The molecular formula is C11H12N2O3S2. The lowest BCUT2D eigenvalue weighted by Gasteiger charge is -2.17. The Balaban J connectivity index is 2.22. The van der Waals surface area contributed by atoms with Gasteiger partial charge in [-0.25, -0.2) is 4.98 Å². The van der Waals surface area contributed by atoms with Crippen molar-refractivity contribution < 1.29 is 9.90 Å². The summed E-state index contributed by atoms with van der Waals surface area (Å²) in [5.41, 5.74) is 0.478. The molecule has 1 N–H and O–H groups in total. The van der Waals surface area contributed by atoms with Gasteiger partial charge in [0.25, 0.3) is 5.56 Å². The third-order valence-corrected chi connectivity index (χ3v) is 4.55. The van der Waals surface area contributed by atoms with Gasteiger partial charge in [0.2, 0.25) is 0 Å². The van der Waals surface area contributed by atoms with Gasteiger partial charge in [-0.1, -0.05) is 0 Å². The van der Waals surface area contributed by atoms with E-state index < -0.39 is 10.7 Å². The van der Waals surface area contributed by atoms with Gasteiger partial charge in [0, 0.05) is 23.4 Å². The molecule has 96 valence electrons. The Kier molecular flexibility index (Phi) is 3.45. The van der Waals surface area contributed by atoms with Crippen molar-refractivity contribution >= 4 is 34.0 Å². The molecule has 0 saturated heterocycles. The molecule has 7 heteroatoms. The topological polar surface area (TPSA) is 71.7 Å². The first-order valence-electron chi connectivity index (χ1n) is 5.23. The smallest absolute Gasteiger partial charge is 0.319 e. The molecule has 0 unspecified atom stereocenters. The van der Waals surface area contributed by atoms with E-state index >= 15 is 0 Å². The van der Waals surface area contributed by atoms with Crippen LogP contribution in [0.1, 0.15) is 19.5 Å². The van der Waals surface area contributed by atoms with E-state index in [1.54, 1.807) is 25.4 Å². The summed E-state index contributed by atoms with van der Waals surface area (Å²) in [6, 6.07) is 1.45. The number of hydrogen-bond acceptors (Lipinski definition) is 5.